The van der Waals surface area contributed by atoms with Crippen molar-refractivity contribution in [2.24, 2.45) is 0 Å². The zero-order valence-electron chi connectivity index (χ0n) is 10.7. The lowest BCUT2D eigenvalue weighted by Crippen LogP contribution is -2.24. The molecule has 0 bridgehead atoms. The number of anilines is 1. The van der Waals surface area contributed by atoms with Gasteiger partial charge >= 0.3 is 0 Å². The predicted octanol–water partition coefficient (Wildman–Crippen LogP) is 1.58. The molecule has 0 atom stereocenters. The van der Waals surface area contributed by atoms with Crippen LogP contribution in [0, 0.1) is 18.6 Å². The van der Waals surface area contributed by atoms with Gasteiger partial charge in [-0.15, -0.1) is 0 Å². The lowest BCUT2D eigenvalue weighted by atomic mass is 10.1. The molecule has 2 aromatic rings. The molecule has 0 aliphatic heterocycles. The van der Waals surface area contributed by atoms with Gasteiger partial charge in [0.1, 0.15) is 0 Å². The molecular formula is C13H12F2N4O. The van der Waals surface area contributed by atoms with E-state index in [9.17, 15) is 13.6 Å². The van der Waals surface area contributed by atoms with Gasteiger partial charge in [-0.2, -0.15) is 0 Å². The standard InChI is InChI=1S/C13H12F2N4O/c1-7-4-18-8(5-17-7)6-19-13(20)9-2-10(14)11(15)3-12(9)16/h2-5H,6,16H2,1H3,(H,19,20). The van der Waals surface area contributed by atoms with Crippen LogP contribution in [0.3, 0.4) is 0 Å². The van der Waals surface area contributed by atoms with Gasteiger partial charge in [-0.1, -0.05) is 0 Å². The van der Waals surface area contributed by atoms with Crippen molar-refractivity contribution in [3.05, 3.63) is 53.1 Å². The van der Waals surface area contributed by atoms with Crippen molar-refractivity contribution in [1.82, 2.24) is 15.3 Å². The van der Waals surface area contributed by atoms with E-state index in [0.29, 0.717) is 5.69 Å². The second-order valence-electron chi connectivity index (χ2n) is 4.19. The summed E-state index contributed by atoms with van der Waals surface area (Å²) in [6.07, 6.45) is 3.08. The van der Waals surface area contributed by atoms with E-state index >= 15 is 0 Å². The van der Waals surface area contributed by atoms with Crippen LogP contribution in [0.4, 0.5) is 14.5 Å². The molecule has 0 unspecified atom stereocenters. The van der Waals surface area contributed by atoms with Gasteiger partial charge < -0.3 is 11.1 Å². The van der Waals surface area contributed by atoms with Crippen molar-refractivity contribution in [2.75, 3.05) is 5.73 Å². The van der Waals surface area contributed by atoms with Crippen LogP contribution in [0.25, 0.3) is 0 Å². The van der Waals surface area contributed by atoms with Crippen molar-refractivity contribution in [1.29, 1.82) is 0 Å². The molecule has 0 spiro atoms. The minimum absolute atomic E-state index is 0.116. The summed E-state index contributed by atoms with van der Waals surface area (Å²) in [5, 5.41) is 2.51. The Morgan fingerprint density at radius 3 is 2.60 bits per heavy atom. The third-order valence-corrected chi connectivity index (χ3v) is 2.60. The van der Waals surface area contributed by atoms with Crippen LogP contribution in [-0.2, 0) is 6.54 Å². The monoisotopic (exact) mass is 278 g/mol. The number of rotatable bonds is 3. The largest absolute Gasteiger partial charge is 0.398 e. The number of hydrogen-bond donors (Lipinski definition) is 2. The number of nitrogens with one attached hydrogen (secondary N) is 1. The Hall–Kier alpha value is -2.57. The highest BCUT2D eigenvalue weighted by atomic mass is 19.2. The molecule has 2 rings (SSSR count). The number of nitrogens with two attached hydrogens (primary N) is 1. The first-order valence-corrected chi connectivity index (χ1v) is 5.77. The lowest BCUT2D eigenvalue weighted by molar-refractivity contribution is 0.0950. The molecule has 5 nitrogen and oxygen atoms in total. The number of halogens is 2. The number of nitrogen functional groups attached to an aromatic ring is 1. The molecule has 0 radical (unpaired) electrons. The lowest BCUT2D eigenvalue weighted by Gasteiger charge is -2.08. The molecule has 7 heteroatoms. The minimum Gasteiger partial charge on any atom is -0.398 e. The van der Waals surface area contributed by atoms with Gasteiger partial charge in [-0.3, -0.25) is 14.8 Å². The normalized spacial score (nSPS) is 10.3. The van der Waals surface area contributed by atoms with Crippen LogP contribution in [0.15, 0.2) is 24.5 Å². The number of aromatic nitrogens is 2. The van der Waals surface area contributed by atoms with Gasteiger partial charge in [0.25, 0.3) is 5.91 Å². The molecule has 0 saturated carbocycles. The minimum atomic E-state index is -1.13. The van der Waals surface area contributed by atoms with E-state index < -0.39 is 17.5 Å². The van der Waals surface area contributed by atoms with E-state index in [1.807, 2.05) is 0 Å². The SMILES string of the molecule is Cc1cnc(CNC(=O)c2cc(F)c(F)cc2N)cn1. The van der Waals surface area contributed by atoms with Crippen molar-refractivity contribution in [3.8, 4) is 0 Å². The second kappa shape index (κ2) is 5.60. The average molecular weight is 278 g/mol. The van der Waals surface area contributed by atoms with Gasteiger partial charge in [0.15, 0.2) is 11.6 Å². The molecular weight excluding hydrogens is 266 g/mol. The first-order valence-electron chi connectivity index (χ1n) is 5.77. The van der Waals surface area contributed by atoms with Crippen molar-refractivity contribution >= 4 is 11.6 Å². The van der Waals surface area contributed by atoms with Gasteiger partial charge in [0.05, 0.1) is 29.7 Å². The van der Waals surface area contributed by atoms with Crippen LogP contribution < -0.4 is 11.1 Å². The van der Waals surface area contributed by atoms with E-state index in [-0.39, 0.29) is 17.8 Å². The molecule has 3 N–H and O–H groups in total. The molecule has 0 fully saturated rings. The van der Waals surface area contributed by atoms with Crippen molar-refractivity contribution in [3.63, 3.8) is 0 Å². The maximum Gasteiger partial charge on any atom is 0.253 e. The predicted molar refractivity (Wildman–Crippen MR) is 68.7 cm³/mol. The van der Waals surface area contributed by atoms with Crippen LogP contribution in [0.1, 0.15) is 21.7 Å². The van der Waals surface area contributed by atoms with Crippen LogP contribution >= 0.6 is 0 Å². The Kier molecular flexibility index (Phi) is 3.88. The summed E-state index contributed by atoms with van der Waals surface area (Å²) in [6, 6.07) is 1.54. The number of nitrogens with zero attached hydrogens (tertiary/aromatic N) is 2. The van der Waals surface area contributed by atoms with Crippen LogP contribution in [0.5, 0.6) is 0 Å². The zero-order valence-corrected chi connectivity index (χ0v) is 10.7. The van der Waals surface area contributed by atoms with Crippen molar-refractivity contribution in [2.45, 2.75) is 13.5 Å². The first kappa shape index (κ1) is 13.9. The molecule has 104 valence electrons. The number of hydrogen-bond acceptors (Lipinski definition) is 4. The molecule has 1 aromatic carbocycles. The Morgan fingerprint density at radius 2 is 1.95 bits per heavy atom. The third-order valence-electron chi connectivity index (χ3n) is 2.60. The fourth-order valence-electron chi connectivity index (χ4n) is 1.54. The molecule has 1 aromatic heterocycles. The number of carbonyl (C=O) groups is 1. The summed E-state index contributed by atoms with van der Waals surface area (Å²) in [5.41, 5.74) is 6.54. The quantitative estimate of drug-likeness (QED) is 0.835. The summed E-state index contributed by atoms with van der Waals surface area (Å²) in [4.78, 5) is 19.9. The fourth-order valence-corrected chi connectivity index (χ4v) is 1.54. The summed E-state index contributed by atoms with van der Waals surface area (Å²) < 4.78 is 26.0. The van der Waals surface area contributed by atoms with E-state index in [0.717, 1.165) is 17.8 Å². The Bertz CT molecular complexity index is 644. The van der Waals surface area contributed by atoms with Gasteiger partial charge in [-0.25, -0.2) is 8.78 Å². The number of benzene rings is 1. The molecule has 0 aliphatic carbocycles. The van der Waals surface area contributed by atoms with E-state index in [2.05, 4.69) is 15.3 Å². The number of amides is 1. The Balaban J connectivity index is 2.09. The van der Waals surface area contributed by atoms with Gasteiger partial charge in [0, 0.05) is 18.0 Å². The second-order valence-corrected chi connectivity index (χ2v) is 4.19. The zero-order chi connectivity index (χ0) is 14.7. The molecule has 0 saturated heterocycles. The van der Waals surface area contributed by atoms with Gasteiger partial charge in [-0.05, 0) is 13.0 Å². The molecule has 0 aliphatic rings. The molecule has 1 amide bonds. The number of aryl methyl sites for hydroxylation is 1. The first-order chi connectivity index (χ1) is 9.47. The highest BCUT2D eigenvalue weighted by Gasteiger charge is 2.14. The highest BCUT2D eigenvalue weighted by molar-refractivity contribution is 5.99. The molecule has 1 heterocycles. The van der Waals surface area contributed by atoms with Crippen LogP contribution in [-0.4, -0.2) is 15.9 Å². The Morgan fingerprint density at radius 1 is 1.25 bits per heavy atom. The maximum absolute atomic E-state index is 13.1. The maximum atomic E-state index is 13.1. The average Bonchev–Trinajstić information content (AvgIpc) is 2.42. The van der Waals surface area contributed by atoms with E-state index in [1.165, 1.54) is 6.20 Å². The summed E-state index contributed by atoms with van der Waals surface area (Å²) in [6.45, 7) is 1.90. The van der Waals surface area contributed by atoms with Crippen LogP contribution in [0.2, 0.25) is 0 Å². The highest BCUT2D eigenvalue weighted by Crippen LogP contribution is 2.16. The summed E-state index contributed by atoms with van der Waals surface area (Å²) >= 11 is 0. The van der Waals surface area contributed by atoms with E-state index in [1.54, 1.807) is 13.1 Å². The molecule has 20 heavy (non-hydrogen) atoms. The van der Waals surface area contributed by atoms with Gasteiger partial charge in [0.2, 0.25) is 0 Å². The fraction of sp³-hybridized carbons (Fsp3) is 0.154. The smallest absolute Gasteiger partial charge is 0.253 e. The number of carbonyl (C=O) groups excluding carboxylic acids is 1. The Labute approximate surface area is 113 Å². The van der Waals surface area contributed by atoms with Crippen molar-refractivity contribution < 1.29 is 13.6 Å². The topological polar surface area (TPSA) is 80.9 Å². The summed E-state index contributed by atoms with van der Waals surface area (Å²) in [7, 11) is 0. The third kappa shape index (κ3) is 3.05. The summed E-state index contributed by atoms with van der Waals surface area (Å²) in [5.74, 6) is -2.83. The van der Waals surface area contributed by atoms with E-state index in [4.69, 9.17) is 5.73 Å².